The molecule has 72 heavy (non-hydrogen) atoms. The van der Waals surface area contributed by atoms with Crippen LogP contribution in [0.4, 0.5) is 28.4 Å². The number of aryl methyl sites for hydroxylation is 1. The molecule has 5 heteroatoms. The van der Waals surface area contributed by atoms with Gasteiger partial charge in [-0.15, -0.1) is 11.3 Å². The maximum absolute atomic E-state index is 6.97. The number of para-hydroxylation sites is 1. The fourth-order valence-electron chi connectivity index (χ4n) is 14.8. The molecule has 0 saturated heterocycles. The molecule has 4 heterocycles. The van der Waals surface area contributed by atoms with Gasteiger partial charge in [0.05, 0.1) is 0 Å². The van der Waals surface area contributed by atoms with E-state index in [0.717, 1.165) is 36.8 Å². The minimum Gasteiger partial charge on any atom is -0.456 e. The van der Waals surface area contributed by atoms with Crippen LogP contribution in [0.25, 0.3) is 53.2 Å². The SMILES string of the molecule is Cc1cc2c(cc1N1c3cc4c(sc5ccccc54)c4c3B(c3c1ccc1oc5ccccc5c31)N(c1ccc3c(c1)C(C)(C)CCC3(C)C)c1cc3c(cc1-4)C(C)(C)CCC3(C)C)C(C)(C)CCC2(C)C. The molecule has 0 N–H and O–H groups in total. The minimum absolute atomic E-state index is 0.0180. The van der Waals surface area contributed by atoms with Crippen LogP contribution in [0.1, 0.15) is 161 Å². The van der Waals surface area contributed by atoms with Crippen molar-refractivity contribution in [1.82, 2.24) is 0 Å². The van der Waals surface area contributed by atoms with Crippen molar-refractivity contribution in [1.29, 1.82) is 0 Å². The second-order valence-corrected chi connectivity index (χ2v) is 27.9. The summed E-state index contributed by atoms with van der Waals surface area (Å²) in [7, 11) is 0. The number of rotatable bonds is 2. The maximum atomic E-state index is 6.97. The Hall–Kier alpha value is -5.78. The maximum Gasteiger partial charge on any atom is 0.333 e. The summed E-state index contributed by atoms with van der Waals surface area (Å²) in [5.74, 6) is 0. The van der Waals surface area contributed by atoms with Gasteiger partial charge in [0.1, 0.15) is 11.2 Å². The van der Waals surface area contributed by atoms with Gasteiger partial charge in [-0.25, -0.2) is 0 Å². The molecule has 0 spiro atoms. The molecular formula is C67H69BN2OS. The molecule has 0 fully saturated rings. The Bertz CT molecular complexity index is 3870. The van der Waals surface area contributed by atoms with Crippen LogP contribution in [0.3, 0.4) is 0 Å². The lowest BCUT2D eigenvalue weighted by atomic mass is 9.42. The molecule has 0 saturated carbocycles. The summed E-state index contributed by atoms with van der Waals surface area (Å²) in [5.41, 5.74) is 24.3. The van der Waals surface area contributed by atoms with Crippen molar-refractivity contribution in [2.24, 2.45) is 0 Å². The summed E-state index contributed by atoms with van der Waals surface area (Å²) in [6.45, 7) is 32.0. The third-order valence-corrected chi connectivity index (χ3v) is 20.8. The van der Waals surface area contributed by atoms with Gasteiger partial charge in [0.15, 0.2) is 0 Å². The van der Waals surface area contributed by atoms with Gasteiger partial charge in [0, 0.05) is 70.5 Å². The van der Waals surface area contributed by atoms with Crippen LogP contribution >= 0.6 is 11.3 Å². The van der Waals surface area contributed by atoms with E-state index in [1.807, 2.05) is 11.3 Å². The van der Waals surface area contributed by atoms with Gasteiger partial charge in [-0.05, 0) is 188 Å². The van der Waals surface area contributed by atoms with Crippen LogP contribution in [-0.4, -0.2) is 6.85 Å². The van der Waals surface area contributed by atoms with Gasteiger partial charge < -0.3 is 14.1 Å². The van der Waals surface area contributed by atoms with Crippen LogP contribution in [0, 0.1) is 6.92 Å². The predicted octanol–water partition coefficient (Wildman–Crippen LogP) is 18.0. The van der Waals surface area contributed by atoms with Crippen molar-refractivity contribution < 1.29 is 4.42 Å². The van der Waals surface area contributed by atoms with Crippen LogP contribution in [-0.2, 0) is 32.5 Å². The minimum atomic E-state index is -0.170. The van der Waals surface area contributed by atoms with Crippen molar-refractivity contribution in [3.8, 4) is 11.1 Å². The fourth-order valence-corrected chi connectivity index (χ4v) is 16.0. The lowest BCUT2D eigenvalue weighted by Crippen LogP contribution is -2.62. The molecule has 0 bridgehead atoms. The van der Waals surface area contributed by atoms with E-state index in [4.69, 9.17) is 4.42 Å². The Morgan fingerprint density at radius 2 is 1.01 bits per heavy atom. The predicted molar refractivity (Wildman–Crippen MR) is 311 cm³/mol. The molecule has 5 aliphatic rings. The summed E-state index contributed by atoms with van der Waals surface area (Å²) in [6.07, 6.45) is 7.02. The largest absolute Gasteiger partial charge is 0.456 e. The monoisotopic (exact) mass is 961 g/mol. The summed E-state index contributed by atoms with van der Waals surface area (Å²) < 4.78 is 9.70. The van der Waals surface area contributed by atoms with Gasteiger partial charge in [0.2, 0.25) is 0 Å². The highest BCUT2D eigenvalue weighted by atomic mass is 32.1. The van der Waals surface area contributed by atoms with E-state index in [1.54, 1.807) is 0 Å². The average Bonchev–Trinajstić information content (AvgIpc) is 3.91. The third kappa shape index (κ3) is 5.98. The Kier molecular flexibility index (Phi) is 8.91. The van der Waals surface area contributed by atoms with Crippen molar-refractivity contribution in [3.05, 3.63) is 148 Å². The molecule has 14 rings (SSSR count). The van der Waals surface area contributed by atoms with Gasteiger partial charge in [-0.3, -0.25) is 0 Å². The first-order valence-electron chi connectivity index (χ1n) is 27.1. The molecule has 0 unspecified atom stereocenters. The number of benzene rings is 7. The van der Waals surface area contributed by atoms with E-state index in [-0.39, 0.29) is 39.3 Å². The van der Waals surface area contributed by atoms with Gasteiger partial charge in [-0.2, -0.15) is 0 Å². The molecule has 9 aromatic rings. The third-order valence-electron chi connectivity index (χ3n) is 19.6. The van der Waals surface area contributed by atoms with Crippen LogP contribution in [0.2, 0.25) is 0 Å². The topological polar surface area (TPSA) is 19.6 Å². The number of nitrogens with zero attached hydrogens (tertiary/aromatic N) is 2. The van der Waals surface area contributed by atoms with Crippen LogP contribution < -0.4 is 20.6 Å². The van der Waals surface area contributed by atoms with Crippen molar-refractivity contribution in [2.75, 3.05) is 9.71 Å². The lowest BCUT2D eigenvalue weighted by Gasteiger charge is -2.49. The highest BCUT2D eigenvalue weighted by Crippen LogP contribution is 2.58. The van der Waals surface area contributed by atoms with Crippen molar-refractivity contribution in [3.63, 3.8) is 0 Å². The number of hydrogen-bond donors (Lipinski definition) is 0. The summed E-state index contributed by atoms with van der Waals surface area (Å²) >= 11 is 1.99. The average molecular weight is 961 g/mol. The second-order valence-electron chi connectivity index (χ2n) is 26.9. The number of furan rings is 1. The second kappa shape index (κ2) is 14.3. The van der Waals surface area contributed by atoms with Gasteiger partial charge >= 0.3 is 6.85 Å². The number of thiophene rings is 1. The molecule has 7 aromatic carbocycles. The molecule has 0 amide bonds. The zero-order valence-corrected chi connectivity index (χ0v) is 45.7. The highest BCUT2D eigenvalue weighted by molar-refractivity contribution is 7.26. The van der Waals surface area contributed by atoms with Gasteiger partial charge in [0.25, 0.3) is 0 Å². The zero-order valence-electron chi connectivity index (χ0n) is 44.9. The molecule has 2 aliphatic heterocycles. The quantitative estimate of drug-likeness (QED) is 0.161. The molecule has 3 aliphatic carbocycles. The van der Waals surface area contributed by atoms with E-state index in [1.165, 1.54) is 133 Å². The first-order valence-corrected chi connectivity index (χ1v) is 27.9. The smallest absolute Gasteiger partial charge is 0.333 e. The lowest BCUT2D eigenvalue weighted by molar-refractivity contribution is 0.332. The van der Waals surface area contributed by atoms with E-state index in [9.17, 15) is 0 Å². The summed E-state index contributed by atoms with van der Waals surface area (Å²) in [4.78, 5) is 5.55. The molecular weight excluding hydrogens is 892 g/mol. The van der Waals surface area contributed by atoms with E-state index < -0.39 is 0 Å². The van der Waals surface area contributed by atoms with Gasteiger partial charge in [-0.1, -0.05) is 132 Å². The number of fused-ring (bicyclic) bond motifs is 15. The standard InChI is InChI=1S/C67H69BN2OS/c1-38-32-45-48(66(10,11)30-28-63(45,4)5)36-51(38)69-50-24-25-55-57(41-19-14-16-20-54(41)71-55)59(50)68-60-53(69)35-42-40-18-15-17-21-56(40)72-61(42)58(60)43-34-47-49(67(12,13)31-29-65(47,8)9)37-52(43)70(68)39-22-23-44-46(33-39)64(6,7)27-26-62(44,2)3/h14-25,32-37H,26-31H2,1-13H3. The molecule has 2 aromatic heterocycles. The van der Waals surface area contributed by atoms with Crippen LogP contribution in [0.15, 0.2) is 114 Å². The van der Waals surface area contributed by atoms with E-state index in [2.05, 4.69) is 209 Å². The normalized spacial score (nSPS) is 20.3. The van der Waals surface area contributed by atoms with Crippen molar-refractivity contribution in [2.45, 2.75) is 161 Å². The zero-order chi connectivity index (χ0) is 50.0. The first kappa shape index (κ1) is 44.9. The molecule has 3 nitrogen and oxygen atoms in total. The Morgan fingerprint density at radius 1 is 0.458 bits per heavy atom. The summed E-state index contributed by atoms with van der Waals surface area (Å²) in [6, 6.07) is 43.5. The Balaban J connectivity index is 1.20. The van der Waals surface area contributed by atoms with Crippen LogP contribution in [0.5, 0.6) is 0 Å². The van der Waals surface area contributed by atoms with Crippen molar-refractivity contribution >= 4 is 99.7 Å². The Labute approximate surface area is 431 Å². The Morgan fingerprint density at radius 3 is 1.68 bits per heavy atom. The highest BCUT2D eigenvalue weighted by Gasteiger charge is 2.51. The number of hydrogen-bond acceptors (Lipinski definition) is 4. The van der Waals surface area contributed by atoms with E-state index in [0.29, 0.717) is 0 Å². The number of anilines is 5. The first-order chi connectivity index (χ1) is 34.1. The van der Waals surface area contributed by atoms with E-state index >= 15 is 0 Å². The summed E-state index contributed by atoms with van der Waals surface area (Å²) in [5, 5.41) is 5.08. The molecule has 0 atom stereocenters. The molecule has 0 radical (unpaired) electrons. The molecule has 362 valence electrons. The fraction of sp³-hybridized carbons (Fsp3) is 0.373.